The van der Waals surface area contributed by atoms with Gasteiger partial charge in [0.15, 0.2) is 0 Å². The summed E-state index contributed by atoms with van der Waals surface area (Å²) in [5, 5.41) is 18.6. The van der Waals surface area contributed by atoms with E-state index in [4.69, 9.17) is 7.80 Å². The van der Waals surface area contributed by atoms with E-state index in [2.05, 4.69) is 11.9 Å². The van der Waals surface area contributed by atoms with E-state index in [1.54, 1.807) is 0 Å². The Morgan fingerprint density at radius 2 is 1.95 bits per heavy atom. The van der Waals surface area contributed by atoms with Crippen LogP contribution in [0, 0.1) is 0 Å². The normalized spacial score (nSPS) is 12.1. The second-order valence-corrected chi connectivity index (χ2v) is 10.4. The number of benzene rings is 1. The Bertz CT molecular complexity index is 487. The number of ether oxygens (including phenoxy) is 1. The van der Waals surface area contributed by atoms with Gasteiger partial charge in [-0.3, -0.25) is 0 Å². The van der Waals surface area contributed by atoms with Gasteiger partial charge in [-0.25, -0.2) is 0 Å². The van der Waals surface area contributed by atoms with Gasteiger partial charge in [0.1, 0.15) is 0 Å². The molecule has 0 saturated carbocycles. The number of alkyl halides is 2. The van der Waals surface area contributed by atoms with E-state index in [-0.39, 0.29) is 17.1 Å². The molecule has 0 aliphatic rings. The summed E-state index contributed by atoms with van der Waals surface area (Å²) in [6, 6.07) is 3.87. The summed E-state index contributed by atoms with van der Waals surface area (Å²) in [4.78, 5) is 14.2. The molecule has 1 aromatic carbocycles. The third-order valence-electron chi connectivity index (χ3n) is 2.92. The van der Waals surface area contributed by atoms with Crippen LogP contribution in [0.4, 0.5) is 0 Å². The van der Waals surface area contributed by atoms with E-state index in [0.717, 1.165) is 4.43 Å². The molecule has 5 nitrogen and oxygen atoms in total. The van der Waals surface area contributed by atoms with E-state index >= 15 is 0 Å². The van der Waals surface area contributed by atoms with Crippen LogP contribution < -0.4 is 0 Å². The second-order valence-electron chi connectivity index (χ2n) is 5.21. The van der Waals surface area contributed by atoms with Gasteiger partial charge in [-0.1, -0.05) is 0 Å². The van der Waals surface area contributed by atoms with E-state index in [1.165, 1.54) is 18.2 Å². The Morgan fingerprint density at radius 1 is 1.29 bits per heavy atom. The number of hydrogen-bond donors (Lipinski definition) is 2. The molecule has 1 rings (SSSR count). The number of rotatable bonds is 7. The Morgan fingerprint density at radius 3 is 2.52 bits per heavy atom. The maximum atomic E-state index is 12.0. The Kier molecular flexibility index (Phi) is 6.73. The fourth-order valence-electron chi connectivity index (χ4n) is 1.50. The van der Waals surface area contributed by atoms with Crippen molar-refractivity contribution in [2.75, 3.05) is 16.0 Å². The van der Waals surface area contributed by atoms with E-state index in [1.807, 2.05) is 13.8 Å². The summed E-state index contributed by atoms with van der Waals surface area (Å²) >= 11 is -1.24. The predicted octanol–water partition coefficient (Wildman–Crippen LogP) is 3.51. The molecule has 0 aromatic heterocycles. The zero-order valence-electron chi connectivity index (χ0n) is 12.9. The van der Waals surface area contributed by atoms with Crippen LogP contribution in [0.5, 0.6) is 11.5 Å². The van der Waals surface area contributed by atoms with E-state index in [0.29, 0.717) is 13.0 Å². The molecule has 0 fully saturated rings. The van der Waals surface area contributed by atoms with Gasteiger partial charge in [-0.2, -0.15) is 0 Å². The van der Waals surface area contributed by atoms with Crippen molar-refractivity contribution in [2.45, 2.75) is 32.8 Å². The first-order chi connectivity index (χ1) is 9.75. The number of aromatic hydroxyl groups is 2. The molecule has 2 N–H and O–H groups in total. The van der Waals surface area contributed by atoms with Gasteiger partial charge in [0, 0.05) is 0 Å². The SMILES string of the molecule is CCI(C)OCCC(C)(C)OC(=O)c1ccc(O)c(O)c1. The quantitative estimate of drug-likeness (QED) is 0.312. The average molecular weight is 410 g/mol. The van der Waals surface area contributed by atoms with Crippen LogP contribution in [-0.4, -0.2) is 37.7 Å². The molecule has 0 unspecified atom stereocenters. The summed E-state index contributed by atoms with van der Waals surface area (Å²) in [5.74, 6) is -1.13. The van der Waals surface area contributed by atoms with Crippen molar-refractivity contribution in [3.05, 3.63) is 23.8 Å². The van der Waals surface area contributed by atoms with Crippen LogP contribution in [0.1, 0.15) is 37.6 Å². The van der Waals surface area contributed by atoms with Crippen molar-refractivity contribution in [1.82, 2.24) is 0 Å². The van der Waals surface area contributed by atoms with Crippen molar-refractivity contribution in [1.29, 1.82) is 0 Å². The molecule has 0 spiro atoms. The predicted molar refractivity (Wildman–Crippen MR) is 90.3 cm³/mol. The molecule has 6 heteroatoms. The molecule has 1 aromatic rings. The molecule has 0 aliphatic carbocycles. The fraction of sp³-hybridized carbons (Fsp3) is 0.533. The van der Waals surface area contributed by atoms with Crippen LogP contribution in [-0.2, 0) is 7.80 Å². The molecule has 0 amide bonds. The summed E-state index contributed by atoms with van der Waals surface area (Å²) in [7, 11) is 0. The molecule has 21 heavy (non-hydrogen) atoms. The van der Waals surface area contributed by atoms with E-state index < -0.39 is 31.8 Å². The maximum absolute atomic E-state index is 12.0. The van der Waals surface area contributed by atoms with Gasteiger partial charge in [0.25, 0.3) is 0 Å². The van der Waals surface area contributed by atoms with Crippen LogP contribution >= 0.6 is 20.2 Å². The monoisotopic (exact) mass is 410 g/mol. The number of halogens is 1. The molecule has 0 radical (unpaired) electrons. The minimum atomic E-state index is -1.24. The molecule has 0 heterocycles. The van der Waals surface area contributed by atoms with Crippen LogP contribution in [0.2, 0.25) is 0 Å². The van der Waals surface area contributed by atoms with Gasteiger partial charge < -0.3 is 0 Å². The summed E-state index contributed by atoms with van der Waals surface area (Å²) < 4.78 is 12.3. The third-order valence-corrected chi connectivity index (χ3v) is 6.58. The first kappa shape index (κ1) is 18.0. The van der Waals surface area contributed by atoms with Crippen molar-refractivity contribution in [3.63, 3.8) is 0 Å². The number of esters is 1. The second kappa shape index (κ2) is 7.84. The van der Waals surface area contributed by atoms with E-state index in [9.17, 15) is 15.0 Å². The van der Waals surface area contributed by atoms with Gasteiger partial charge in [0.05, 0.1) is 0 Å². The van der Waals surface area contributed by atoms with Crippen molar-refractivity contribution in [3.8, 4) is 11.5 Å². The van der Waals surface area contributed by atoms with Crippen LogP contribution in [0.25, 0.3) is 0 Å². The van der Waals surface area contributed by atoms with Gasteiger partial charge in [0.2, 0.25) is 0 Å². The van der Waals surface area contributed by atoms with Crippen LogP contribution in [0.15, 0.2) is 18.2 Å². The van der Waals surface area contributed by atoms with Gasteiger partial charge >= 0.3 is 133 Å². The number of carbonyl (C=O) groups excluding carboxylic acids is 1. The molecule has 0 saturated heterocycles. The molecular weight excluding hydrogens is 387 g/mol. The Hall–Kier alpha value is -1.02. The standard InChI is InChI=1S/C15H23IO5/c1-5-16(4)20-9-8-15(2,3)21-14(19)11-6-7-12(17)13(18)10-11/h6-7,10,17-18H,5,8-9H2,1-4H3. The number of carbonyl (C=O) groups is 1. The fourth-order valence-corrected chi connectivity index (χ4v) is 2.92. The number of hydrogen-bond acceptors (Lipinski definition) is 5. The number of phenolic OH excluding ortho intramolecular Hbond substituents is 2. The average Bonchev–Trinajstić information content (AvgIpc) is 2.40. The zero-order valence-corrected chi connectivity index (χ0v) is 15.0. The van der Waals surface area contributed by atoms with Crippen molar-refractivity contribution in [2.24, 2.45) is 0 Å². The summed E-state index contributed by atoms with van der Waals surface area (Å²) in [6.07, 6.45) is 0.616. The minimum absolute atomic E-state index is 0.205. The molecule has 0 aliphatic heterocycles. The topological polar surface area (TPSA) is 76.0 Å². The molecular formula is C15H23IO5. The number of phenols is 2. The van der Waals surface area contributed by atoms with Crippen LogP contribution in [0.3, 0.4) is 0 Å². The first-order valence-corrected chi connectivity index (χ1v) is 11.3. The zero-order chi connectivity index (χ0) is 16.0. The molecule has 0 atom stereocenters. The van der Waals surface area contributed by atoms with Crippen molar-refractivity contribution >= 4 is 26.2 Å². The molecule has 120 valence electrons. The molecule has 0 bridgehead atoms. The van der Waals surface area contributed by atoms with Gasteiger partial charge in [-0.15, -0.1) is 0 Å². The summed E-state index contributed by atoms with van der Waals surface area (Å²) in [5.41, 5.74) is -0.438. The Labute approximate surface area is 133 Å². The third kappa shape index (κ3) is 6.09. The van der Waals surface area contributed by atoms with Gasteiger partial charge in [-0.05, 0) is 0 Å². The van der Waals surface area contributed by atoms with Crippen molar-refractivity contribution < 1.29 is 22.8 Å². The Balaban J connectivity index is 2.57. The summed E-state index contributed by atoms with van der Waals surface area (Å²) in [6.45, 7) is 6.35. The first-order valence-electron chi connectivity index (χ1n) is 6.70.